The summed E-state index contributed by atoms with van der Waals surface area (Å²) >= 11 is 0. The summed E-state index contributed by atoms with van der Waals surface area (Å²) in [6.45, 7) is 6.91. The monoisotopic (exact) mass is 270 g/mol. The van der Waals surface area contributed by atoms with Gasteiger partial charge < -0.3 is 10.1 Å². The second-order valence-corrected chi connectivity index (χ2v) is 5.99. The summed E-state index contributed by atoms with van der Waals surface area (Å²) in [5, 5.41) is 4.72. The number of aromatic nitrogens is 1. The molecule has 1 aliphatic heterocycles. The van der Waals surface area contributed by atoms with Gasteiger partial charge in [-0.2, -0.15) is 0 Å². The van der Waals surface area contributed by atoms with E-state index in [0.29, 0.717) is 0 Å². The molecular weight excluding hydrogens is 248 g/mol. The van der Waals surface area contributed by atoms with Crippen molar-refractivity contribution >= 4 is 10.9 Å². The van der Waals surface area contributed by atoms with E-state index in [0.717, 1.165) is 37.3 Å². The molecule has 0 aliphatic carbocycles. The van der Waals surface area contributed by atoms with E-state index in [2.05, 4.69) is 47.6 Å². The van der Waals surface area contributed by atoms with Crippen molar-refractivity contribution in [3.63, 3.8) is 0 Å². The van der Waals surface area contributed by atoms with Crippen LogP contribution in [0.3, 0.4) is 0 Å². The SMILES string of the molecule is Cc1ccc2cc(CNCC3(C)CCCO3)ccc2n1. The van der Waals surface area contributed by atoms with Gasteiger partial charge >= 0.3 is 0 Å². The minimum atomic E-state index is 0.0233. The van der Waals surface area contributed by atoms with Gasteiger partial charge in [-0.25, -0.2) is 0 Å². The number of hydrogen-bond acceptors (Lipinski definition) is 3. The summed E-state index contributed by atoms with van der Waals surface area (Å²) < 4.78 is 5.79. The highest BCUT2D eigenvalue weighted by Gasteiger charge is 2.28. The van der Waals surface area contributed by atoms with Gasteiger partial charge in [0.2, 0.25) is 0 Å². The van der Waals surface area contributed by atoms with Crippen molar-refractivity contribution in [2.24, 2.45) is 0 Å². The quantitative estimate of drug-likeness (QED) is 0.926. The Labute approximate surface area is 120 Å². The Balaban J connectivity index is 1.64. The van der Waals surface area contributed by atoms with Crippen LogP contribution in [0.1, 0.15) is 31.0 Å². The first-order chi connectivity index (χ1) is 9.65. The Hall–Kier alpha value is -1.45. The molecule has 1 atom stereocenters. The van der Waals surface area contributed by atoms with Crippen molar-refractivity contribution in [3.05, 3.63) is 41.6 Å². The molecule has 0 spiro atoms. The van der Waals surface area contributed by atoms with Gasteiger partial charge in [-0.05, 0) is 50.5 Å². The molecule has 0 radical (unpaired) electrons. The van der Waals surface area contributed by atoms with E-state index in [9.17, 15) is 0 Å². The molecule has 2 aromatic rings. The lowest BCUT2D eigenvalue weighted by atomic mass is 10.0. The first-order valence-corrected chi connectivity index (χ1v) is 7.36. The molecule has 1 aromatic heterocycles. The van der Waals surface area contributed by atoms with Gasteiger partial charge in [0.05, 0.1) is 11.1 Å². The zero-order valence-corrected chi connectivity index (χ0v) is 12.3. The van der Waals surface area contributed by atoms with Crippen LogP contribution in [0.2, 0.25) is 0 Å². The fraction of sp³-hybridized carbons (Fsp3) is 0.471. The number of hydrogen-bond donors (Lipinski definition) is 1. The highest BCUT2D eigenvalue weighted by atomic mass is 16.5. The average molecular weight is 270 g/mol. The molecule has 1 aliphatic rings. The van der Waals surface area contributed by atoms with E-state index < -0.39 is 0 Å². The summed E-state index contributed by atoms with van der Waals surface area (Å²) in [5.41, 5.74) is 3.45. The van der Waals surface area contributed by atoms with Crippen molar-refractivity contribution in [2.75, 3.05) is 13.2 Å². The molecule has 1 aromatic carbocycles. The lowest BCUT2D eigenvalue weighted by Crippen LogP contribution is -2.36. The summed E-state index contributed by atoms with van der Waals surface area (Å²) in [4.78, 5) is 4.53. The van der Waals surface area contributed by atoms with Crippen molar-refractivity contribution in [1.82, 2.24) is 10.3 Å². The van der Waals surface area contributed by atoms with Crippen LogP contribution >= 0.6 is 0 Å². The number of benzene rings is 1. The summed E-state index contributed by atoms with van der Waals surface area (Å²) in [5.74, 6) is 0. The van der Waals surface area contributed by atoms with Gasteiger partial charge in [0.15, 0.2) is 0 Å². The molecule has 1 unspecified atom stereocenters. The minimum absolute atomic E-state index is 0.0233. The summed E-state index contributed by atoms with van der Waals surface area (Å²) in [6.07, 6.45) is 2.33. The molecule has 3 heteroatoms. The maximum atomic E-state index is 5.79. The van der Waals surface area contributed by atoms with E-state index >= 15 is 0 Å². The van der Waals surface area contributed by atoms with Gasteiger partial charge in [-0.15, -0.1) is 0 Å². The molecule has 0 saturated carbocycles. The largest absolute Gasteiger partial charge is 0.374 e. The standard InChI is InChI=1S/C17H22N2O/c1-13-4-6-15-10-14(5-7-16(15)19-13)11-18-12-17(2)8-3-9-20-17/h4-7,10,18H,3,8-9,11-12H2,1-2H3. The maximum Gasteiger partial charge on any atom is 0.0779 e. The minimum Gasteiger partial charge on any atom is -0.374 e. The highest BCUT2D eigenvalue weighted by molar-refractivity contribution is 5.79. The maximum absolute atomic E-state index is 5.79. The second kappa shape index (κ2) is 5.51. The van der Waals surface area contributed by atoms with E-state index in [1.54, 1.807) is 0 Å². The smallest absolute Gasteiger partial charge is 0.0779 e. The normalized spacial score (nSPS) is 22.5. The molecule has 1 N–H and O–H groups in total. The predicted octanol–water partition coefficient (Wildman–Crippen LogP) is 3.20. The number of fused-ring (bicyclic) bond motifs is 1. The van der Waals surface area contributed by atoms with Gasteiger partial charge in [-0.1, -0.05) is 12.1 Å². The molecule has 0 bridgehead atoms. The van der Waals surface area contributed by atoms with Crippen molar-refractivity contribution < 1.29 is 4.74 Å². The third kappa shape index (κ3) is 3.00. The van der Waals surface area contributed by atoms with Crippen LogP contribution in [0.15, 0.2) is 30.3 Å². The zero-order chi connectivity index (χ0) is 14.0. The molecule has 106 valence electrons. The molecule has 1 fully saturated rings. The van der Waals surface area contributed by atoms with Crippen LogP contribution in [0, 0.1) is 6.92 Å². The summed E-state index contributed by atoms with van der Waals surface area (Å²) in [7, 11) is 0. The molecule has 1 saturated heterocycles. The van der Waals surface area contributed by atoms with Crippen molar-refractivity contribution in [2.45, 2.75) is 38.8 Å². The van der Waals surface area contributed by atoms with Crippen LogP contribution in [-0.4, -0.2) is 23.7 Å². The van der Waals surface area contributed by atoms with E-state index in [1.807, 2.05) is 6.92 Å². The van der Waals surface area contributed by atoms with Crippen molar-refractivity contribution in [3.8, 4) is 0 Å². The number of ether oxygens (including phenoxy) is 1. The number of nitrogens with one attached hydrogen (secondary N) is 1. The average Bonchev–Trinajstić information content (AvgIpc) is 2.86. The van der Waals surface area contributed by atoms with Gasteiger partial charge in [-0.3, -0.25) is 4.98 Å². The molecule has 2 heterocycles. The van der Waals surface area contributed by atoms with Crippen LogP contribution in [-0.2, 0) is 11.3 Å². The fourth-order valence-electron chi connectivity index (χ4n) is 2.83. The Morgan fingerprint density at radius 2 is 2.20 bits per heavy atom. The van der Waals surface area contributed by atoms with Gasteiger partial charge in [0.25, 0.3) is 0 Å². The van der Waals surface area contributed by atoms with E-state index in [-0.39, 0.29) is 5.60 Å². The van der Waals surface area contributed by atoms with Crippen LogP contribution in [0.5, 0.6) is 0 Å². The van der Waals surface area contributed by atoms with Gasteiger partial charge in [0.1, 0.15) is 0 Å². The van der Waals surface area contributed by atoms with Crippen molar-refractivity contribution in [1.29, 1.82) is 0 Å². The number of pyridine rings is 1. The third-order valence-electron chi connectivity index (χ3n) is 4.02. The number of nitrogens with zero attached hydrogens (tertiary/aromatic N) is 1. The lowest BCUT2D eigenvalue weighted by Gasteiger charge is -2.23. The Morgan fingerprint density at radius 3 is 3.00 bits per heavy atom. The molecule has 3 rings (SSSR count). The molecular formula is C17H22N2O. The Morgan fingerprint density at radius 1 is 1.30 bits per heavy atom. The first-order valence-electron chi connectivity index (χ1n) is 7.36. The Bertz CT molecular complexity index is 603. The lowest BCUT2D eigenvalue weighted by molar-refractivity contribution is 0.0207. The Kier molecular flexibility index (Phi) is 3.72. The zero-order valence-electron chi connectivity index (χ0n) is 12.3. The molecule has 0 amide bonds. The number of aryl methyl sites for hydroxylation is 1. The predicted molar refractivity (Wildman–Crippen MR) is 81.8 cm³/mol. The summed E-state index contributed by atoms with van der Waals surface area (Å²) in [6, 6.07) is 10.7. The first kappa shape index (κ1) is 13.5. The molecule has 3 nitrogen and oxygen atoms in total. The molecule has 20 heavy (non-hydrogen) atoms. The fourth-order valence-corrected chi connectivity index (χ4v) is 2.83. The number of rotatable bonds is 4. The third-order valence-corrected chi connectivity index (χ3v) is 4.02. The highest BCUT2D eigenvalue weighted by Crippen LogP contribution is 2.24. The topological polar surface area (TPSA) is 34.1 Å². The van der Waals surface area contributed by atoms with Crippen LogP contribution in [0.25, 0.3) is 10.9 Å². The van der Waals surface area contributed by atoms with Crippen LogP contribution in [0.4, 0.5) is 0 Å². The van der Waals surface area contributed by atoms with E-state index in [4.69, 9.17) is 4.74 Å². The second-order valence-electron chi connectivity index (χ2n) is 5.99. The van der Waals surface area contributed by atoms with Gasteiger partial charge in [0, 0.05) is 30.8 Å². The van der Waals surface area contributed by atoms with Crippen LogP contribution < -0.4 is 5.32 Å². The van der Waals surface area contributed by atoms with E-state index in [1.165, 1.54) is 17.4 Å².